The lowest BCUT2D eigenvalue weighted by atomic mass is 10.1. The fraction of sp³-hybridized carbons (Fsp3) is 0.115. The van der Waals surface area contributed by atoms with E-state index >= 15 is 0 Å². The fourth-order valence-electron chi connectivity index (χ4n) is 3.08. The number of nitrogens with one attached hydrogen (secondary N) is 1. The third-order valence-electron chi connectivity index (χ3n) is 4.83. The van der Waals surface area contributed by atoms with Gasteiger partial charge in [0, 0.05) is 11.3 Å². The lowest BCUT2D eigenvalue weighted by Gasteiger charge is -2.11. The van der Waals surface area contributed by atoms with E-state index in [1.165, 1.54) is 18.2 Å². The molecule has 0 spiro atoms. The summed E-state index contributed by atoms with van der Waals surface area (Å²) in [6.07, 6.45) is 2.25. The molecule has 0 unspecified atom stereocenters. The first-order valence-corrected chi connectivity index (χ1v) is 10.1. The number of carboxylic acids is 1. The van der Waals surface area contributed by atoms with Gasteiger partial charge in [0.1, 0.15) is 24.0 Å². The van der Waals surface area contributed by atoms with Gasteiger partial charge in [-0.3, -0.25) is 4.79 Å². The Kier molecular flexibility index (Phi) is 7.39. The van der Waals surface area contributed by atoms with Gasteiger partial charge in [0.15, 0.2) is 0 Å². The molecule has 0 aromatic heterocycles. The quantitative estimate of drug-likeness (QED) is 0.387. The molecule has 0 bridgehead atoms. The second kappa shape index (κ2) is 10.6. The minimum absolute atomic E-state index is 0.0437. The number of hydrogen-bond acceptors (Lipinski definition) is 4. The van der Waals surface area contributed by atoms with E-state index in [1.807, 2.05) is 31.2 Å². The highest BCUT2D eigenvalue weighted by molar-refractivity contribution is 6.10. The summed E-state index contributed by atoms with van der Waals surface area (Å²) in [5.74, 6) is -0.978. The van der Waals surface area contributed by atoms with Crippen LogP contribution in [0.2, 0.25) is 0 Å². The second-order valence-electron chi connectivity index (χ2n) is 6.96. The van der Waals surface area contributed by atoms with E-state index in [0.717, 1.165) is 17.5 Å². The van der Waals surface area contributed by atoms with Gasteiger partial charge >= 0.3 is 5.97 Å². The van der Waals surface area contributed by atoms with E-state index in [9.17, 15) is 14.9 Å². The summed E-state index contributed by atoms with van der Waals surface area (Å²) in [6.45, 7) is 2.21. The Hall–Kier alpha value is -4.37. The Morgan fingerprint density at radius 3 is 2.41 bits per heavy atom. The van der Waals surface area contributed by atoms with Gasteiger partial charge < -0.3 is 15.2 Å². The molecule has 0 aliphatic carbocycles. The van der Waals surface area contributed by atoms with Crippen LogP contribution < -0.4 is 10.1 Å². The number of carboxylic acid groups (broad SMARTS) is 1. The first-order chi connectivity index (χ1) is 15.5. The number of para-hydroxylation sites is 2. The van der Waals surface area contributed by atoms with Crippen molar-refractivity contribution in [1.29, 1.82) is 5.26 Å². The average molecular weight is 426 g/mol. The van der Waals surface area contributed by atoms with Gasteiger partial charge in [-0.1, -0.05) is 55.5 Å². The molecule has 3 aromatic rings. The zero-order chi connectivity index (χ0) is 22.9. The largest absolute Gasteiger partial charge is 0.488 e. The van der Waals surface area contributed by atoms with Crippen LogP contribution in [0.4, 0.5) is 5.69 Å². The van der Waals surface area contributed by atoms with Crippen molar-refractivity contribution < 1.29 is 19.4 Å². The molecule has 6 nitrogen and oxygen atoms in total. The van der Waals surface area contributed by atoms with Gasteiger partial charge in [-0.05, 0) is 47.9 Å². The lowest BCUT2D eigenvalue weighted by molar-refractivity contribution is -0.112. The Morgan fingerprint density at radius 1 is 1.03 bits per heavy atom. The van der Waals surface area contributed by atoms with Crippen LogP contribution in [0.5, 0.6) is 5.75 Å². The SMILES string of the molecule is CCc1ccccc1NC(=O)/C(C#N)=C/c1ccccc1OCc1ccc(C(=O)O)cc1. The summed E-state index contributed by atoms with van der Waals surface area (Å²) < 4.78 is 5.87. The van der Waals surface area contributed by atoms with Crippen LogP contribution in [-0.2, 0) is 17.8 Å². The van der Waals surface area contributed by atoms with Crippen LogP contribution in [-0.4, -0.2) is 17.0 Å². The minimum atomic E-state index is -0.989. The van der Waals surface area contributed by atoms with Crippen molar-refractivity contribution in [2.45, 2.75) is 20.0 Å². The number of aromatic carboxylic acids is 1. The highest BCUT2D eigenvalue weighted by Crippen LogP contribution is 2.23. The van der Waals surface area contributed by atoms with E-state index in [4.69, 9.17) is 9.84 Å². The topological polar surface area (TPSA) is 99.4 Å². The summed E-state index contributed by atoms with van der Waals surface area (Å²) in [4.78, 5) is 23.7. The molecule has 0 heterocycles. The van der Waals surface area contributed by atoms with Gasteiger partial charge in [-0.25, -0.2) is 4.79 Å². The standard InChI is InChI=1S/C26H22N2O4/c1-2-19-7-3-5-9-23(19)28-25(29)22(16-27)15-21-8-4-6-10-24(21)32-17-18-11-13-20(14-12-18)26(30)31/h3-15H,2,17H2,1H3,(H,28,29)(H,30,31)/b22-15+. The number of carbonyl (C=O) groups excluding carboxylic acids is 1. The Morgan fingerprint density at radius 2 is 1.72 bits per heavy atom. The first kappa shape index (κ1) is 22.3. The number of ether oxygens (including phenoxy) is 1. The maximum atomic E-state index is 12.7. The number of rotatable bonds is 8. The number of anilines is 1. The molecule has 0 saturated carbocycles. The minimum Gasteiger partial charge on any atom is -0.488 e. The fourth-order valence-corrected chi connectivity index (χ4v) is 3.08. The van der Waals surface area contributed by atoms with Crippen LogP contribution in [0.25, 0.3) is 6.08 Å². The molecular weight excluding hydrogens is 404 g/mol. The molecule has 160 valence electrons. The monoisotopic (exact) mass is 426 g/mol. The van der Waals surface area contributed by atoms with Crippen molar-refractivity contribution in [3.63, 3.8) is 0 Å². The number of aryl methyl sites for hydroxylation is 1. The van der Waals surface area contributed by atoms with Gasteiger partial charge in [0.05, 0.1) is 5.56 Å². The molecule has 0 aliphatic rings. The zero-order valence-corrected chi connectivity index (χ0v) is 17.5. The highest BCUT2D eigenvalue weighted by Gasteiger charge is 2.13. The Bertz CT molecular complexity index is 1190. The van der Waals surface area contributed by atoms with Crippen molar-refractivity contribution in [2.24, 2.45) is 0 Å². The van der Waals surface area contributed by atoms with Crippen LogP contribution in [0, 0.1) is 11.3 Å². The molecule has 32 heavy (non-hydrogen) atoms. The average Bonchev–Trinajstić information content (AvgIpc) is 2.82. The van der Waals surface area contributed by atoms with Crippen LogP contribution >= 0.6 is 0 Å². The molecule has 0 radical (unpaired) electrons. The molecule has 3 aromatic carbocycles. The van der Waals surface area contributed by atoms with Crippen molar-refractivity contribution in [3.8, 4) is 11.8 Å². The molecule has 0 atom stereocenters. The smallest absolute Gasteiger partial charge is 0.335 e. The van der Waals surface area contributed by atoms with Crippen molar-refractivity contribution in [3.05, 3.63) is 101 Å². The van der Waals surface area contributed by atoms with E-state index in [-0.39, 0.29) is 17.7 Å². The molecule has 0 aliphatic heterocycles. The number of benzene rings is 3. The van der Waals surface area contributed by atoms with E-state index in [2.05, 4.69) is 5.32 Å². The Labute approximate surface area is 186 Å². The van der Waals surface area contributed by atoms with Crippen LogP contribution in [0.15, 0.2) is 78.4 Å². The molecule has 1 amide bonds. The van der Waals surface area contributed by atoms with E-state index in [1.54, 1.807) is 42.5 Å². The van der Waals surface area contributed by atoms with Crippen LogP contribution in [0.3, 0.4) is 0 Å². The number of nitriles is 1. The molecular formula is C26H22N2O4. The number of nitrogens with zero attached hydrogens (tertiary/aromatic N) is 1. The summed E-state index contributed by atoms with van der Waals surface area (Å²) in [5.41, 5.74) is 3.20. The summed E-state index contributed by atoms with van der Waals surface area (Å²) >= 11 is 0. The predicted molar refractivity (Wildman–Crippen MR) is 122 cm³/mol. The number of hydrogen-bond donors (Lipinski definition) is 2. The summed E-state index contributed by atoms with van der Waals surface area (Å²) in [5, 5.41) is 21.4. The van der Waals surface area contributed by atoms with Gasteiger partial charge in [-0.15, -0.1) is 0 Å². The summed E-state index contributed by atoms with van der Waals surface area (Å²) in [7, 11) is 0. The van der Waals surface area contributed by atoms with E-state index < -0.39 is 11.9 Å². The van der Waals surface area contributed by atoms with Crippen molar-refractivity contribution >= 4 is 23.6 Å². The maximum Gasteiger partial charge on any atom is 0.335 e. The molecule has 0 fully saturated rings. The third-order valence-corrected chi connectivity index (χ3v) is 4.83. The van der Waals surface area contributed by atoms with Gasteiger partial charge in [0.2, 0.25) is 0 Å². The second-order valence-corrected chi connectivity index (χ2v) is 6.96. The van der Waals surface area contributed by atoms with Gasteiger partial charge in [0.25, 0.3) is 5.91 Å². The highest BCUT2D eigenvalue weighted by atomic mass is 16.5. The first-order valence-electron chi connectivity index (χ1n) is 10.1. The predicted octanol–water partition coefficient (Wildman–Crippen LogP) is 5.07. The normalized spacial score (nSPS) is 10.8. The van der Waals surface area contributed by atoms with Gasteiger partial charge in [-0.2, -0.15) is 5.26 Å². The lowest BCUT2D eigenvalue weighted by Crippen LogP contribution is -2.14. The third kappa shape index (κ3) is 5.61. The van der Waals surface area contributed by atoms with Crippen LogP contribution in [0.1, 0.15) is 34.0 Å². The molecule has 0 saturated heterocycles. The summed E-state index contributed by atoms with van der Waals surface area (Å²) in [6, 6.07) is 22.9. The molecule has 6 heteroatoms. The Balaban J connectivity index is 1.77. The van der Waals surface area contributed by atoms with E-state index in [0.29, 0.717) is 17.0 Å². The zero-order valence-electron chi connectivity index (χ0n) is 17.5. The maximum absolute atomic E-state index is 12.7. The molecule has 3 rings (SSSR count). The number of carbonyl (C=O) groups is 2. The van der Waals surface area contributed by atoms with Crippen molar-refractivity contribution in [1.82, 2.24) is 0 Å². The number of amides is 1. The van der Waals surface area contributed by atoms with Crippen molar-refractivity contribution in [2.75, 3.05) is 5.32 Å². The molecule has 2 N–H and O–H groups in total.